The van der Waals surface area contributed by atoms with Crippen molar-refractivity contribution in [2.75, 3.05) is 36.5 Å². The molecule has 1 aromatic carbocycles. The Hall–Kier alpha value is -2.87. The zero-order chi connectivity index (χ0) is 18.0. The highest BCUT2D eigenvalue weighted by Crippen LogP contribution is 2.31. The molecule has 2 aliphatic heterocycles. The summed E-state index contributed by atoms with van der Waals surface area (Å²) in [6.07, 6.45) is 1.53. The lowest BCUT2D eigenvalue weighted by Crippen LogP contribution is -2.34. The van der Waals surface area contributed by atoms with Gasteiger partial charge in [-0.05, 0) is 37.1 Å². The number of fused-ring (bicyclic) bond motifs is 1. The van der Waals surface area contributed by atoms with Crippen LogP contribution in [0.1, 0.15) is 12.5 Å². The molecule has 3 amide bonds. The molecule has 0 saturated carbocycles. The van der Waals surface area contributed by atoms with Gasteiger partial charge >= 0.3 is 6.09 Å². The molecule has 0 spiro atoms. The van der Waals surface area contributed by atoms with Crippen molar-refractivity contribution in [1.29, 1.82) is 0 Å². The van der Waals surface area contributed by atoms with Crippen LogP contribution in [0.25, 0.3) is 0 Å². The first-order chi connectivity index (χ1) is 12.0. The number of benzene rings is 1. The summed E-state index contributed by atoms with van der Waals surface area (Å²) in [7, 11) is 0. The second kappa shape index (κ2) is 6.94. The lowest BCUT2D eigenvalue weighted by atomic mass is 10.1. The van der Waals surface area contributed by atoms with E-state index >= 15 is 0 Å². The summed E-state index contributed by atoms with van der Waals surface area (Å²) in [4.78, 5) is 38.4. The highest BCUT2D eigenvalue weighted by molar-refractivity contribution is 6.17. The quantitative estimate of drug-likeness (QED) is 0.768. The van der Waals surface area contributed by atoms with E-state index in [1.54, 1.807) is 24.0 Å². The lowest BCUT2D eigenvalue weighted by Gasteiger charge is -2.17. The average molecular weight is 345 g/mol. The lowest BCUT2D eigenvalue weighted by molar-refractivity contribution is -0.137. The molecule has 0 radical (unpaired) electrons. The Morgan fingerprint density at radius 2 is 2.16 bits per heavy atom. The van der Waals surface area contributed by atoms with E-state index in [-0.39, 0.29) is 24.9 Å². The van der Waals surface area contributed by atoms with Gasteiger partial charge in [-0.15, -0.1) is 0 Å². The van der Waals surface area contributed by atoms with Crippen LogP contribution in [0.4, 0.5) is 16.2 Å². The number of amides is 3. The Balaban J connectivity index is 1.74. The molecule has 0 aromatic heterocycles. The summed E-state index contributed by atoms with van der Waals surface area (Å²) >= 11 is 0. The van der Waals surface area contributed by atoms with E-state index in [2.05, 4.69) is 5.32 Å². The number of rotatable bonds is 5. The van der Waals surface area contributed by atoms with Crippen molar-refractivity contribution in [2.24, 2.45) is 0 Å². The maximum atomic E-state index is 12.2. The van der Waals surface area contributed by atoms with Crippen molar-refractivity contribution in [3.8, 4) is 0 Å². The van der Waals surface area contributed by atoms with Crippen LogP contribution in [-0.4, -0.2) is 54.2 Å². The van der Waals surface area contributed by atoms with Crippen LogP contribution in [0.5, 0.6) is 0 Å². The molecule has 0 bridgehead atoms. The van der Waals surface area contributed by atoms with Crippen LogP contribution in [0, 0.1) is 0 Å². The number of hydrogen-bond acceptors (Lipinski definition) is 6. The highest BCUT2D eigenvalue weighted by atomic mass is 16.6. The molecule has 2 N–H and O–H groups in total. The largest absolute Gasteiger partial charge is 0.449 e. The van der Waals surface area contributed by atoms with Gasteiger partial charge in [0.25, 0.3) is 11.8 Å². The third-order valence-electron chi connectivity index (χ3n) is 4.08. The zero-order valence-corrected chi connectivity index (χ0v) is 13.8. The summed E-state index contributed by atoms with van der Waals surface area (Å²) in [5, 5.41) is 11.9. The first kappa shape index (κ1) is 17.0. The molecule has 132 valence electrons. The molecule has 8 nitrogen and oxygen atoms in total. The SMILES string of the molecule is CCOC(=O)N1CCc2cc(NC3=CC(=O)N(CCO)C3=O)ccc21. The zero-order valence-electron chi connectivity index (χ0n) is 13.8. The fraction of sp³-hybridized carbons (Fsp3) is 0.353. The molecule has 0 unspecified atom stereocenters. The molecule has 1 aromatic rings. The molecule has 2 aliphatic rings. The molecule has 25 heavy (non-hydrogen) atoms. The van der Waals surface area contributed by atoms with E-state index in [0.717, 1.165) is 16.2 Å². The molecule has 3 rings (SSSR count). The average Bonchev–Trinajstić information content (AvgIpc) is 3.12. The van der Waals surface area contributed by atoms with Crippen LogP contribution in [0.2, 0.25) is 0 Å². The van der Waals surface area contributed by atoms with Gasteiger partial charge < -0.3 is 15.2 Å². The molecule has 0 saturated heterocycles. The van der Waals surface area contributed by atoms with Gasteiger partial charge in [0.05, 0.1) is 25.4 Å². The summed E-state index contributed by atoms with van der Waals surface area (Å²) < 4.78 is 5.04. The van der Waals surface area contributed by atoms with E-state index in [1.165, 1.54) is 6.08 Å². The summed E-state index contributed by atoms with van der Waals surface area (Å²) in [5.74, 6) is -0.913. The van der Waals surface area contributed by atoms with Crippen molar-refractivity contribution in [3.05, 3.63) is 35.5 Å². The van der Waals surface area contributed by atoms with Crippen molar-refractivity contribution < 1.29 is 24.2 Å². The van der Waals surface area contributed by atoms with Gasteiger partial charge in [0.1, 0.15) is 5.70 Å². The van der Waals surface area contributed by atoms with E-state index in [1.807, 2.05) is 6.07 Å². The number of imide groups is 1. The maximum absolute atomic E-state index is 12.2. The van der Waals surface area contributed by atoms with Crippen molar-refractivity contribution in [3.63, 3.8) is 0 Å². The van der Waals surface area contributed by atoms with Gasteiger partial charge in [0.15, 0.2) is 0 Å². The van der Waals surface area contributed by atoms with Crippen LogP contribution < -0.4 is 10.2 Å². The Bertz CT molecular complexity index is 759. The Morgan fingerprint density at radius 1 is 1.36 bits per heavy atom. The number of anilines is 2. The topological polar surface area (TPSA) is 99.2 Å². The Labute approximate surface area is 144 Å². The number of carbonyl (C=O) groups is 3. The van der Waals surface area contributed by atoms with E-state index in [4.69, 9.17) is 9.84 Å². The van der Waals surface area contributed by atoms with Crippen LogP contribution >= 0.6 is 0 Å². The second-order valence-electron chi connectivity index (χ2n) is 5.65. The summed E-state index contributed by atoms with van der Waals surface area (Å²) in [6, 6.07) is 5.38. The van der Waals surface area contributed by atoms with Gasteiger partial charge in [-0.3, -0.25) is 19.4 Å². The first-order valence-electron chi connectivity index (χ1n) is 8.07. The molecule has 0 aliphatic carbocycles. The predicted octanol–water partition coefficient (Wildman–Crippen LogP) is 0.862. The maximum Gasteiger partial charge on any atom is 0.414 e. The third kappa shape index (κ3) is 3.20. The molecular formula is C17H19N3O5. The fourth-order valence-corrected chi connectivity index (χ4v) is 2.94. The second-order valence-corrected chi connectivity index (χ2v) is 5.65. The number of nitrogens with one attached hydrogen (secondary N) is 1. The van der Waals surface area contributed by atoms with E-state index < -0.39 is 11.8 Å². The third-order valence-corrected chi connectivity index (χ3v) is 4.08. The van der Waals surface area contributed by atoms with Crippen molar-refractivity contribution in [2.45, 2.75) is 13.3 Å². The van der Waals surface area contributed by atoms with E-state index in [0.29, 0.717) is 25.3 Å². The number of ether oxygens (including phenoxy) is 1. The van der Waals surface area contributed by atoms with Crippen LogP contribution in [0.15, 0.2) is 30.0 Å². The van der Waals surface area contributed by atoms with Crippen LogP contribution in [-0.2, 0) is 20.7 Å². The van der Waals surface area contributed by atoms with Gasteiger partial charge in [0.2, 0.25) is 0 Å². The number of β-amino-alcohol motifs (C(OH)–C–C–N with tert-alkyl or cyclic N) is 1. The molecular weight excluding hydrogens is 326 g/mol. The van der Waals surface area contributed by atoms with E-state index in [9.17, 15) is 14.4 Å². The van der Waals surface area contributed by atoms with Gasteiger partial charge in [0, 0.05) is 18.3 Å². The van der Waals surface area contributed by atoms with Crippen molar-refractivity contribution in [1.82, 2.24) is 4.90 Å². The number of aliphatic hydroxyl groups is 1. The molecule has 0 atom stereocenters. The normalized spacial score (nSPS) is 16.2. The fourth-order valence-electron chi connectivity index (χ4n) is 2.94. The predicted molar refractivity (Wildman–Crippen MR) is 90.0 cm³/mol. The number of hydrogen-bond donors (Lipinski definition) is 2. The highest BCUT2D eigenvalue weighted by Gasteiger charge is 2.31. The van der Waals surface area contributed by atoms with Gasteiger partial charge in [-0.1, -0.05) is 0 Å². The number of aliphatic hydroxyl groups excluding tert-OH is 1. The number of nitrogens with zero attached hydrogens (tertiary/aromatic N) is 2. The Kier molecular flexibility index (Phi) is 4.71. The first-order valence-corrected chi connectivity index (χ1v) is 8.07. The minimum absolute atomic E-state index is 0.0297. The molecule has 0 fully saturated rings. The molecule has 2 heterocycles. The monoisotopic (exact) mass is 345 g/mol. The standard InChI is InChI=1S/C17H19N3O5/c1-2-25-17(24)19-6-5-11-9-12(3-4-14(11)19)18-13-10-15(22)20(7-8-21)16(13)23/h3-4,9-10,18,21H,2,5-8H2,1H3. The molecule has 8 heteroatoms. The van der Waals surface area contributed by atoms with Crippen LogP contribution in [0.3, 0.4) is 0 Å². The number of carbonyl (C=O) groups excluding carboxylic acids is 3. The summed E-state index contributed by atoms with van der Waals surface area (Å²) in [5.41, 5.74) is 2.57. The van der Waals surface area contributed by atoms with Gasteiger partial charge in [-0.25, -0.2) is 4.79 Å². The van der Waals surface area contributed by atoms with Gasteiger partial charge in [-0.2, -0.15) is 0 Å². The minimum atomic E-state index is -0.465. The van der Waals surface area contributed by atoms with Crippen molar-refractivity contribution >= 4 is 29.3 Å². The summed E-state index contributed by atoms with van der Waals surface area (Å²) in [6.45, 7) is 2.32. The smallest absolute Gasteiger partial charge is 0.414 e. The Morgan fingerprint density at radius 3 is 2.88 bits per heavy atom. The minimum Gasteiger partial charge on any atom is -0.449 e.